The molecule has 0 unspecified atom stereocenters. The summed E-state index contributed by atoms with van der Waals surface area (Å²) < 4.78 is 0. The Hall–Kier alpha value is -1.92. The Morgan fingerprint density at radius 3 is 2.30 bits per heavy atom. The summed E-state index contributed by atoms with van der Waals surface area (Å²) in [7, 11) is 0. The fraction of sp³-hybridized carbons (Fsp3) is 0.167. The standard InChI is InChI=1S/C12H10Cl2N4O2/c13-10-16-11(14)18-12(17-10)15-8(9(19)20)6-7-4-2-1-3-5-7/h1-5,8H,6H2,(H,19,20)(H,15,16,17,18)/t8-/m0/s1. The van der Waals surface area contributed by atoms with E-state index in [1.54, 1.807) is 0 Å². The zero-order chi connectivity index (χ0) is 14.5. The Morgan fingerprint density at radius 2 is 1.75 bits per heavy atom. The molecule has 8 heteroatoms. The first-order valence-electron chi connectivity index (χ1n) is 5.65. The smallest absolute Gasteiger partial charge is 0.326 e. The Morgan fingerprint density at radius 1 is 1.15 bits per heavy atom. The summed E-state index contributed by atoms with van der Waals surface area (Å²) in [6.45, 7) is 0. The molecular weight excluding hydrogens is 303 g/mol. The van der Waals surface area contributed by atoms with Crippen molar-refractivity contribution in [3.8, 4) is 0 Å². The highest BCUT2D eigenvalue weighted by Gasteiger charge is 2.19. The van der Waals surface area contributed by atoms with Crippen molar-refractivity contribution < 1.29 is 9.90 Å². The van der Waals surface area contributed by atoms with Gasteiger partial charge >= 0.3 is 5.97 Å². The number of aromatic nitrogens is 3. The number of hydrogen-bond acceptors (Lipinski definition) is 5. The van der Waals surface area contributed by atoms with Gasteiger partial charge in [-0.2, -0.15) is 15.0 Å². The van der Waals surface area contributed by atoms with E-state index in [1.165, 1.54) is 0 Å². The number of nitrogens with zero attached hydrogens (tertiary/aromatic N) is 3. The normalized spacial score (nSPS) is 11.9. The lowest BCUT2D eigenvalue weighted by Gasteiger charge is -2.14. The van der Waals surface area contributed by atoms with Crippen molar-refractivity contribution in [2.75, 3.05) is 5.32 Å². The first-order chi connectivity index (χ1) is 9.54. The van der Waals surface area contributed by atoms with Crippen LogP contribution in [0.3, 0.4) is 0 Å². The van der Waals surface area contributed by atoms with E-state index in [9.17, 15) is 9.90 Å². The molecule has 0 saturated carbocycles. The van der Waals surface area contributed by atoms with Crippen molar-refractivity contribution >= 4 is 35.1 Å². The van der Waals surface area contributed by atoms with E-state index in [0.717, 1.165) is 5.56 Å². The Labute approximate surface area is 124 Å². The molecule has 6 nitrogen and oxygen atoms in total. The first-order valence-corrected chi connectivity index (χ1v) is 6.40. The van der Waals surface area contributed by atoms with Gasteiger partial charge in [0.05, 0.1) is 0 Å². The van der Waals surface area contributed by atoms with Crippen molar-refractivity contribution in [1.29, 1.82) is 0 Å². The van der Waals surface area contributed by atoms with Crippen LogP contribution < -0.4 is 5.32 Å². The average molecular weight is 313 g/mol. The van der Waals surface area contributed by atoms with Gasteiger partial charge in [-0.15, -0.1) is 0 Å². The number of nitrogens with one attached hydrogen (secondary N) is 1. The second-order valence-corrected chi connectivity index (χ2v) is 4.60. The van der Waals surface area contributed by atoms with Crippen LogP contribution in [-0.2, 0) is 11.2 Å². The number of aliphatic carboxylic acids is 1. The van der Waals surface area contributed by atoms with Gasteiger partial charge in [0, 0.05) is 6.42 Å². The van der Waals surface area contributed by atoms with Gasteiger partial charge in [0.2, 0.25) is 16.5 Å². The quantitative estimate of drug-likeness (QED) is 0.880. The second-order valence-electron chi connectivity index (χ2n) is 3.92. The number of carbonyl (C=O) groups is 1. The number of rotatable bonds is 5. The van der Waals surface area contributed by atoms with Crippen LogP contribution in [0.1, 0.15) is 5.56 Å². The molecule has 1 aromatic heterocycles. The summed E-state index contributed by atoms with van der Waals surface area (Å²) in [5.74, 6) is -1.00. The summed E-state index contributed by atoms with van der Waals surface area (Å²) in [5.41, 5.74) is 0.874. The number of carboxylic acids is 1. The van der Waals surface area contributed by atoms with Crippen LogP contribution in [0, 0.1) is 0 Å². The van der Waals surface area contributed by atoms with Crippen LogP contribution >= 0.6 is 23.2 Å². The molecule has 0 radical (unpaired) electrons. The highest BCUT2D eigenvalue weighted by Crippen LogP contribution is 2.12. The highest BCUT2D eigenvalue weighted by molar-refractivity contribution is 6.31. The van der Waals surface area contributed by atoms with E-state index in [2.05, 4.69) is 20.3 Å². The lowest BCUT2D eigenvalue weighted by atomic mass is 10.1. The largest absolute Gasteiger partial charge is 0.480 e. The minimum atomic E-state index is -1.03. The fourth-order valence-corrected chi connectivity index (χ4v) is 1.96. The third-order valence-electron chi connectivity index (χ3n) is 2.46. The van der Waals surface area contributed by atoms with Crippen molar-refractivity contribution in [1.82, 2.24) is 15.0 Å². The van der Waals surface area contributed by atoms with Gasteiger partial charge in [-0.05, 0) is 28.8 Å². The van der Waals surface area contributed by atoms with Crippen LogP contribution in [0.2, 0.25) is 10.6 Å². The molecule has 2 rings (SSSR count). The van der Waals surface area contributed by atoms with Crippen molar-refractivity contribution in [3.63, 3.8) is 0 Å². The second kappa shape index (κ2) is 6.49. The summed E-state index contributed by atoms with van der Waals surface area (Å²) in [4.78, 5) is 22.4. The maximum absolute atomic E-state index is 11.3. The molecule has 0 aliphatic carbocycles. The molecule has 0 fully saturated rings. The maximum atomic E-state index is 11.3. The molecule has 1 atom stereocenters. The van der Waals surface area contributed by atoms with Crippen LogP contribution in [0.15, 0.2) is 30.3 Å². The van der Waals surface area contributed by atoms with E-state index < -0.39 is 12.0 Å². The van der Waals surface area contributed by atoms with Crippen molar-refractivity contribution in [3.05, 3.63) is 46.5 Å². The van der Waals surface area contributed by atoms with Gasteiger partial charge in [0.1, 0.15) is 6.04 Å². The van der Waals surface area contributed by atoms with Gasteiger partial charge in [0.15, 0.2) is 0 Å². The van der Waals surface area contributed by atoms with E-state index >= 15 is 0 Å². The Bertz CT molecular complexity index is 589. The average Bonchev–Trinajstić information content (AvgIpc) is 2.38. The van der Waals surface area contributed by atoms with E-state index in [0.29, 0.717) is 0 Å². The molecule has 0 spiro atoms. The summed E-state index contributed by atoms with van der Waals surface area (Å²) in [6.07, 6.45) is 0.275. The monoisotopic (exact) mass is 312 g/mol. The predicted octanol–water partition coefficient (Wildman–Crippen LogP) is 2.29. The molecule has 0 saturated heterocycles. The molecule has 2 aromatic rings. The number of carboxylic acid groups (broad SMARTS) is 1. The topological polar surface area (TPSA) is 88.0 Å². The lowest BCUT2D eigenvalue weighted by molar-refractivity contribution is -0.137. The third-order valence-corrected chi connectivity index (χ3v) is 2.80. The molecule has 0 aliphatic rings. The maximum Gasteiger partial charge on any atom is 0.326 e. The molecule has 104 valence electrons. The van der Waals surface area contributed by atoms with Crippen LogP contribution in [-0.4, -0.2) is 32.1 Å². The van der Waals surface area contributed by atoms with Gasteiger partial charge in [0.25, 0.3) is 0 Å². The summed E-state index contributed by atoms with van der Waals surface area (Å²) in [5, 5.41) is 11.7. The Kier molecular flexibility index (Phi) is 4.70. The molecule has 0 bridgehead atoms. The molecule has 20 heavy (non-hydrogen) atoms. The molecule has 1 aromatic carbocycles. The minimum Gasteiger partial charge on any atom is -0.480 e. The number of halogens is 2. The van der Waals surface area contributed by atoms with Crippen molar-refractivity contribution in [2.24, 2.45) is 0 Å². The van der Waals surface area contributed by atoms with Gasteiger partial charge in [-0.1, -0.05) is 30.3 Å². The fourth-order valence-electron chi connectivity index (χ4n) is 1.60. The predicted molar refractivity (Wildman–Crippen MR) is 75.0 cm³/mol. The van der Waals surface area contributed by atoms with Gasteiger partial charge in [-0.25, -0.2) is 4.79 Å². The van der Waals surface area contributed by atoms with Crippen LogP contribution in [0.5, 0.6) is 0 Å². The summed E-state index contributed by atoms with van der Waals surface area (Å²) >= 11 is 11.3. The molecule has 0 aliphatic heterocycles. The van der Waals surface area contributed by atoms with E-state index in [-0.39, 0.29) is 22.9 Å². The number of benzene rings is 1. The lowest BCUT2D eigenvalue weighted by Crippen LogP contribution is -2.32. The zero-order valence-corrected chi connectivity index (χ0v) is 11.6. The van der Waals surface area contributed by atoms with E-state index in [1.807, 2.05) is 30.3 Å². The third kappa shape index (κ3) is 4.04. The highest BCUT2D eigenvalue weighted by atomic mass is 35.5. The first kappa shape index (κ1) is 14.5. The Balaban J connectivity index is 2.15. The van der Waals surface area contributed by atoms with E-state index in [4.69, 9.17) is 23.2 Å². The van der Waals surface area contributed by atoms with Crippen molar-refractivity contribution in [2.45, 2.75) is 12.5 Å². The van der Waals surface area contributed by atoms with Gasteiger partial charge in [-0.3, -0.25) is 0 Å². The van der Waals surface area contributed by atoms with Crippen LogP contribution in [0.25, 0.3) is 0 Å². The SMILES string of the molecule is O=C(O)[C@H](Cc1ccccc1)Nc1nc(Cl)nc(Cl)n1. The molecule has 2 N–H and O–H groups in total. The van der Waals surface area contributed by atoms with Gasteiger partial charge < -0.3 is 10.4 Å². The molecule has 1 heterocycles. The molecular formula is C12H10Cl2N4O2. The zero-order valence-electron chi connectivity index (χ0n) is 10.1. The minimum absolute atomic E-state index is 0.0262. The summed E-state index contributed by atoms with van der Waals surface area (Å²) in [6, 6.07) is 8.32. The number of anilines is 1. The number of hydrogen-bond donors (Lipinski definition) is 2. The molecule has 0 amide bonds. The van der Waals surface area contributed by atoms with Crippen LogP contribution in [0.4, 0.5) is 5.95 Å².